The first-order valence-electron chi connectivity index (χ1n) is 7.76. The molecule has 0 spiro atoms. The summed E-state index contributed by atoms with van der Waals surface area (Å²) < 4.78 is 0. The van der Waals surface area contributed by atoms with Gasteiger partial charge in [0, 0.05) is 5.75 Å². The summed E-state index contributed by atoms with van der Waals surface area (Å²) in [5, 5.41) is 11.8. The minimum absolute atomic E-state index is 0.0832. The van der Waals surface area contributed by atoms with Gasteiger partial charge in [0.25, 0.3) is 5.91 Å². The first-order chi connectivity index (χ1) is 11.5. The predicted molar refractivity (Wildman–Crippen MR) is 90.1 cm³/mol. The van der Waals surface area contributed by atoms with E-state index in [2.05, 4.69) is 5.32 Å². The Balaban J connectivity index is 1.69. The summed E-state index contributed by atoms with van der Waals surface area (Å²) >= 11 is 1.50. The zero-order valence-corrected chi connectivity index (χ0v) is 14.0. The fraction of sp³-hybridized carbons (Fsp3) is 0.353. The number of nitrogens with one attached hydrogen (secondary N) is 1. The quantitative estimate of drug-likeness (QED) is 0.787. The SMILES string of the molecule is CCC1=C(C(=O)O)N2C(=O)[C@@H](NC(=O)Cc3ccccc3)C2SC1. The number of carboxylic acid groups (broad SMARTS) is 1. The molecule has 126 valence electrons. The van der Waals surface area contributed by atoms with Crippen LogP contribution in [0.1, 0.15) is 18.9 Å². The maximum absolute atomic E-state index is 12.4. The molecule has 7 heteroatoms. The Morgan fingerprint density at radius 2 is 2.04 bits per heavy atom. The van der Waals surface area contributed by atoms with Gasteiger partial charge < -0.3 is 10.4 Å². The number of thioether (sulfide) groups is 1. The number of nitrogens with zero attached hydrogens (tertiary/aromatic N) is 1. The number of aliphatic carboxylic acids is 1. The normalized spacial score (nSPS) is 22.7. The molecule has 24 heavy (non-hydrogen) atoms. The van der Waals surface area contributed by atoms with Gasteiger partial charge in [-0.15, -0.1) is 11.8 Å². The van der Waals surface area contributed by atoms with Crippen molar-refractivity contribution in [1.29, 1.82) is 0 Å². The van der Waals surface area contributed by atoms with Crippen molar-refractivity contribution in [3.63, 3.8) is 0 Å². The van der Waals surface area contributed by atoms with Crippen LogP contribution in [0.15, 0.2) is 41.6 Å². The second-order valence-electron chi connectivity index (χ2n) is 5.73. The van der Waals surface area contributed by atoms with Crippen LogP contribution in [0.25, 0.3) is 0 Å². The Morgan fingerprint density at radius 1 is 1.33 bits per heavy atom. The van der Waals surface area contributed by atoms with E-state index in [1.165, 1.54) is 16.7 Å². The highest BCUT2D eigenvalue weighted by molar-refractivity contribution is 8.00. The van der Waals surface area contributed by atoms with Gasteiger partial charge in [0.05, 0.1) is 6.42 Å². The topological polar surface area (TPSA) is 86.7 Å². The second kappa shape index (κ2) is 6.68. The van der Waals surface area contributed by atoms with E-state index in [1.807, 2.05) is 37.3 Å². The molecular weight excluding hydrogens is 328 g/mol. The van der Waals surface area contributed by atoms with Gasteiger partial charge in [-0.1, -0.05) is 37.3 Å². The first-order valence-corrected chi connectivity index (χ1v) is 8.81. The molecule has 1 aromatic carbocycles. The van der Waals surface area contributed by atoms with Gasteiger partial charge >= 0.3 is 5.97 Å². The highest BCUT2D eigenvalue weighted by Crippen LogP contribution is 2.41. The second-order valence-corrected chi connectivity index (χ2v) is 6.83. The van der Waals surface area contributed by atoms with E-state index in [0.29, 0.717) is 12.2 Å². The summed E-state index contributed by atoms with van der Waals surface area (Å²) in [6.07, 6.45) is 0.792. The zero-order chi connectivity index (χ0) is 17.3. The number of rotatable bonds is 5. The molecule has 2 N–H and O–H groups in total. The van der Waals surface area contributed by atoms with E-state index in [1.54, 1.807) is 0 Å². The molecule has 0 saturated carbocycles. The van der Waals surface area contributed by atoms with Crippen molar-refractivity contribution in [2.75, 3.05) is 5.75 Å². The Labute approximate surface area is 143 Å². The van der Waals surface area contributed by atoms with Crippen LogP contribution < -0.4 is 5.32 Å². The molecule has 0 bridgehead atoms. The molecule has 6 nitrogen and oxygen atoms in total. The maximum atomic E-state index is 12.4. The molecule has 3 rings (SSSR count). The number of carbonyl (C=O) groups is 3. The van der Waals surface area contributed by atoms with E-state index < -0.39 is 12.0 Å². The maximum Gasteiger partial charge on any atom is 0.352 e. The van der Waals surface area contributed by atoms with Gasteiger partial charge in [0.15, 0.2) is 0 Å². The van der Waals surface area contributed by atoms with Crippen LogP contribution in [0, 0.1) is 0 Å². The van der Waals surface area contributed by atoms with Crippen LogP contribution in [0.5, 0.6) is 0 Å². The largest absolute Gasteiger partial charge is 0.477 e. The van der Waals surface area contributed by atoms with E-state index in [-0.39, 0.29) is 29.3 Å². The van der Waals surface area contributed by atoms with Crippen molar-refractivity contribution in [2.45, 2.75) is 31.2 Å². The molecule has 1 unspecified atom stereocenters. The summed E-state index contributed by atoms with van der Waals surface area (Å²) in [6, 6.07) is 8.63. The molecule has 2 aliphatic heterocycles. The Kier molecular flexibility index (Phi) is 4.62. The molecule has 0 radical (unpaired) electrons. The average Bonchev–Trinajstić information content (AvgIpc) is 2.58. The van der Waals surface area contributed by atoms with Crippen LogP contribution in [0.2, 0.25) is 0 Å². The third-order valence-electron chi connectivity index (χ3n) is 4.20. The fourth-order valence-electron chi connectivity index (χ4n) is 2.96. The van der Waals surface area contributed by atoms with Crippen LogP contribution in [-0.2, 0) is 20.8 Å². The highest BCUT2D eigenvalue weighted by Gasteiger charge is 2.53. The fourth-order valence-corrected chi connectivity index (χ4v) is 4.41. The number of hydrogen-bond acceptors (Lipinski definition) is 4. The van der Waals surface area contributed by atoms with E-state index in [0.717, 1.165) is 11.1 Å². The Morgan fingerprint density at radius 3 is 2.67 bits per heavy atom. The number of benzene rings is 1. The average molecular weight is 346 g/mol. The highest BCUT2D eigenvalue weighted by atomic mass is 32.2. The van der Waals surface area contributed by atoms with Crippen molar-refractivity contribution in [1.82, 2.24) is 10.2 Å². The standard InChI is InChI=1S/C17H18N2O4S/c1-2-11-9-24-16-13(15(21)19(16)14(11)17(22)23)18-12(20)8-10-6-4-3-5-7-10/h3-7,13,16H,2,8-9H2,1H3,(H,18,20)(H,22,23)/t13-,16?/m1/s1. The Bertz CT molecular complexity index is 717. The van der Waals surface area contributed by atoms with E-state index >= 15 is 0 Å². The molecule has 0 aliphatic carbocycles. The van der Waals surface area contributed by atoms with Crippen molar-refractivity contribution in [3.8, 4) is 0 Å². The number of hydrogen-bond donors (Lipinski definition) is 2. The summed E-state index contributed by atoms with van der Waals surface area (Å²) in [5.74, 6) is -1.10. The Hall–Kier alpha value is -2.28. The molecular formula is C17H18N2O4S. The smallest absolute Gasteiger partial charge is 0.352 e. The molecule has 0 aromatic heterocycles. The van der Waals surface area contributed by atoms with Crippen LogP contribution in [-0.4, -0.2) is 45.0 Å². The number of fused-ring (bicyclic) bond motifs is 1. The zero-order valence-electron chi connectivity index (χ0n) is 13.2. The van der Waals surface area contributed by atoms with Crippen LogP contribution in [0.3, 0.4) is 0 Å². The summed E-state index contributed by atoms with van der Waals surface area (Å²) in [6.45, 7) is 1.88. The molecule has 2 heterocycles. The molecule has 1 fully saturated rings. The summed E-state index contributed by atoms with van der Waals surface area (Å²) in [7, 11) is 0. The lowest BCUT2D eigenvalue weighted by Gasteiger charge is -2.49. The monoisotopic (exact) mass is 346 g/mol. The minimum Gasteiger partial charge on any atom is -0.477 e. The predicted octanol–water partition coefficient (Wildman–Crippen LogP) is 1.38. The lowest BCUT2D eigenvalue weighted by atomic mass is 10.0. The molecule has 1 saturated heterocycles. The van der Waals surface area contributed by atoms with Gasteiger partial charge in [-0.05, 0) is 17.6 Å². The van der Waals surface area contributed by atoms with Crippen molar-refractivity contribution in [3.05, 3.63) is 47.2 Å². The number of carboxylic acids is 1. The molecule has 2 aliphatic rings. The van der Waals surface area contributed by atoms with Crippen molar-refractivity contribution < 1.29 is 19.5 Å². The van der Waals surface area contributed by atoms with E-state index in [9.17, 15) is 19.5 Å². The van der Waals surface area contributed by atoms with Gasteiger partial charge in [-0.25, -0.2) is 4.79 Å². The molecule has 2 atom stereocenters. The van der Waals surface area contributed by atoms with Crippen molar-refractivity contribution in [2.24, 2.45) is 0 Å². The summed E-state index contributed by atoms with van der Waals surface area (Å²) in [5.41, 5.74) is 1.71. The lowest BCUT2D eigenvalue weighted by Crippen LogP contribution is -2.70. The third-order valence-corrected chi connectivity index (χ3v) is 5.54. The van der Waals surface area contributed by atoms with Gasteiger partial charge in [0.2, 0.25) is 5.91 Å². The number of carbonyl (C=O) groups excluding carboxylic acids is 2. The van der Waals surface area contributed by atoms with E-state index in [4.69, 9.17) is 0 Å². The van der Waals surface area contributed by atoms with Crippen LogP contribution >= 0.6 is 11.8 Å². The lowest BCUT2D eigenvalue weighted by molar-refractivity contribution is -0.150. The molecule has 1 aromatic rings. The summed E-state index contributed by atoms with van der Waals surface area (Å²) in [4.78, 5) is 37.3. The van der Waals surface area contributed by atoms with Crippen molar-refractivity contribution >= 4 is 29.5 Å². The first kappa shape index (κ1) is 16.6. The van der Waals surface area contributed by atoms with Gasteiger partial charge in [0.1, 0.15) is 17.1 Å². The molecule has 2 amide bonds. The van der Waals surface area contributed by atoms with Gasteiger partial charge in [-0.2, -0.15) is 0 Å². The third kappa shape index (κ3) is 2.91. The number of β-lactam (4-membered cyclic amide) rings is 1. The van der Waals surface area contributed by atoms with Crippen LogP contribution in [0.4, 0.5) is 0 Å². The minimum atomic E-state index is -1.08. The van der Waals surface area contributed by atoms with Gasteiger partial charge in [-0.3, -0.25) is 14.5 Å². The number of amides is 2.